The molecule has 0 aromatic carbocycles. The van der Waals surface area contributed by atoms with Crippen LogP contribution in [0.3, 0.4) is 0 Å². The largest absolute Gasteiger partial charge is 0.464 e. The molecule has 0 aliphatic heterocycles. The number of nitrogens with zero attached hydrogens (tertiary/aromatic N) is 1. The highest BCUT2D eigenvalue weighted by Crippen LogP contribution is 2.24. The molecule has 0 saturated heterocycles. The van der Waals surface area contributed by atoms with Gasteiger partial charge in [-0.15, -0.1) is 0 Å². The lowest BCUT2D eigenvalue weighted by Crippen LogP contribution is -2.16. The zero-order valence-electron chi connectivity index (χ0n) is 10.1. The minimum absolute atomic E-state index is 0.0179. The van der Waals surface area contributed by atoms with Gasteiger partial charge in [0.2, 0.25) is 0 Å². The van der Waals surface area contributed by atoms with Crippen molar-refractivity contribution in [1.82, 2.24) is 4.98 Å². The highest BCUT2D eigenvalue weighted by molar-refractivity contribution is 5.98. The second-order valence-corrected chi connectivity index (χ2v) is 4.24. The number of methoxy groups -OCH3 is 1. The Kier molecular flexibility index (Phi) is 3.22. The smallest absolute Gasteiger partial charge is 0.356 e. The van der Waals surface area contributed by atoms with Crippen molar-refractivity contribution in [2.45, 2.75) is 32.6 Å². The zero-order chi connectivity index (χ0) is 12.4. The predicted octanol–water partition coefficient (Wildman–Crippen LogP) is 1.95. The molecule has 1 aliphatic rings. The third-order valence-electron chi connectivity index (χ3n) is 3.07. The average molecular weight is 233 g/mol. The van der Waals surface area contributed by atoms with Gasteiger partial charge in [-0.05, 0) is 44.2 Å². The summed E-state index contributed by atoms with van der Waals surface area (Å²) in [5, 5.41) is 0. The van der Waals surface area contributed by atoms with Crippen LogP contribution in [0.25, 0.3) is 0 Å². The van der Waals surface area contributed by atoms with E-state index in [1.165, 1.54) is 14.0 Å². The van der Waals surface area contributed by atoms with Gasteiger partial charge in [0, 0.05) is 11.3 Å². The van der Waals surface area contributed by atoms with Crippen molar-refractivity contribution in [3.05, 3.63) is 28.6 Å². The molecule has 4 nitrogen and oxygen atoms in total. The molecule has 1 aromatic rings. The summed E-state index contributed by atoms with van der Waals surface area (Å²) in [5.41, 5.74) is 2.74. The predicted molar refractivity (Wildman–Crippen MR) is 62.2 cm³/mol. The summed E-state index contributed by atoms with van der Waals surface area (Å²) < 4.78 is 4.65. The summed E-state index contributed by atoms with van der Waals surface area (Å²) >= 11 is 0. The first-order valence-electron chi connectivity index (χ1n) is 5.75. The number of pyridine rings is 1. The van der Waals surface area contributed by atoms with Crippen molar-refractivity contribution < 1.29 is 14.3 Å². The van der Waals surface area contributed by atoms with Crippen LogP contribution in [-0.4, -0.2) is 23.8 Å². The Balaban J connectivity index is 2.56. The first kappa shape index (κ1) is 11.8. The van der Waals surface area contributed by atoms with Gasteiger partial charge in [-0.3, -0.25) is 4.79 Å². The van der Waals surface area contributed by atoms with E-state index in [1.54, 1.807) is 6.07 Å². The quantitative estimate of drug-likeness (QED) is 0.578. The van der Waals surface area contributed by atoms with Gasteiger partial charge in [-0.25, -0.2) is 9.78 Å². The Morgan fingerprint density at radius 1 is 1.29 bits per heavy atom. The van der Waals surface area contributed by atoms with E-state index in [4.69, 9.17) is 0 Å². The maximum Gasteiger partial charge on any atom is 0.356 e. The molecule has 0 atom stereocenters. The van der Waals surface area contributed by atoms with Crippen LogP contribution in [0.15, 0.2) is 6.07 Å². The lowest BCUT2D eigenvalue weighted by Gasteiger charge is -2.18. The number of rotatable bonds is 2. The van der Waals surface area contributed by atoms with Crippen LogP contribution >= 0.6 is 0 Å². The minimum Gasteiger partial charge on any atom is -0.464 e. The zero-order valence-corrected chi connectivity index (χ0v) is 10.1. The number of carbonyl (C=O) groups is 2. The number of ketones is 1. The number of esters is 1. The molecular formula is C13H15NO3. The summed E-state index contributed by atoms with van der Waals surface area (Å²) in [4.78, 5) is 27.4. The molecule has 4 heteroatoms. The van der Waals surface area contributed by atoms with E-state index >= 15 is 0 Å². The first-order chi connectivity index (χ1) is 8.13. The molecule has 2 rings (SSSR count). The van der Waals surface area contributed by atoms with E-state index in [0.29, 0.717) is 5.56 Å². The van der Waals surface area contributed by atoms with Crippen LogP contribution in [0.1, 0.15) is 51.9 Å². The van der Waals surface area contributed by atoms with Crippen molar-refractivity contribution in [3.63, 3.8) is 0 Å². The molecule has 90 valence electrons. The molecule has 1 heterocycles. The van der Waals surface area contributed by atoms with Gasteiger partial charge >= 0.3 is 5.97 Å². The van der Waals surface area contributed by atoms with Gasteiger partial charge in [-0.2, -0.15) is 0 Å². The summed E-state index contributed by atoms with van der Waals surface area (Å²) in [6.07, 6.45) is 3.84. The Labute approximate surface area is 100 Å². The van der Waals surface area contributed by atoms with E-state index in [1.807, 2.05) is 0 Å². The number of hydrogen-bond acceptors (Lipinski definition) is 4. The number of aryl methyl sites for hydroxylation is 1. The number of aromatic nitrogens is 1. The fourth-order valence-electron chi connectivity index (χ4n) is 2.23. The minimum atomic E-state index is -0.485. The fraction of sp³-hybridized carbons (Fsp3) is 0.462. The topological polar surface area (TPSA) is 56.3 Å². The number of hydrogen-bond donors (Lipinski definition) is 0. The number of fused-ring (bicyclic) bond motifs is 1. The average Bonchev–Trinajstić information content (AvgIpc) is 2.36. The van der Waals surface area contributed by atoms with Crippen molar-refractivity contribution in [1.29, 1.82) is 0 Å². The SMILES string of the molecule is COC(=O)c1cc(C(C)=O)c2c(n1)CCCC2. The maximum absolute atomic E-state index is 11.6. The summed E-state index contributed by atoms with van der Waals surface area (Å²) in [6, 6.07) is 1.55. The Hall–Kier alpha value is -1.71. The van der Waals surface area contributed by atoms with Crippen molar-refractivity contribution in [2.75, 3.05) is 7.11 Å². The van der Waals surface area contributed by atoms with Crippen LogP contribution in [0.5, 0.6) is 0 Å². The molecular weight excluding hydrogens is 218 g/mol. The van der Waals surface area contributed by atoms with Crippen LogP contribution in [-0.2, 0) is 17.6 Å². The van der Waals surface area contributed by atoms with E-state index < -0.39 is 5.97 Å². The fourth-order valence-corrected chi connectivity index (χ4v) is 2.23. The Morgan fingerprint density at radius 2 is 2.00 bits per heavy atom. The Morgan fingerprint density at radius 3 is 2.65 bits per heavy atom. The van der Waals surface area contributed by atoms with E-state index in [2.05, 4.69) is 9.72 Å². The summed E-state index contributed by atoms with van der Waals surface area (Å²) in [5.74, 6) is -0.503. The van der Waals surface area contributed by atoms with Crippen molar-refractivity contribution in [3.8, 4) is 0 Å². The van der Waals surface area contributed by atoms with Gasteiger partial charge in [-0.1, -0.05) is 0 Å². The normalized spacial score (nSPS) is 14.0. The molecule has 0 radical (unpaired) electrons. The van der Waals surface area contributed by atoms with Crippen molar-refractivity contribution >= 4 is 11.8 Å². The number of Topliss-reactive ketones (excluding diaryl/α,β-unsaturated/α-hetero) is 1. The molecule has 1 aliphatic carbocycles. The summed E-state index contributed by atoms with van der Waals surface area (Å²) in [7, 11) is 1.32. The van der Waals surface area contributed by atoms with Crippen LogP contribution in [0, 0.1) is 0 Å². The molecule has 0 unspecified atom stereocenters. The molecule has 0 fully saturated rings. The molecule has 0 amide bonds. The van der Waals surface area contributed by atoms with Crippen molar-refractivity contribution in [2.24, 2.45) is 0 Å². The summed E-state index contributed by atoms with van der Waals surface area (Å²) in [6.45, 7) is 1.52. The molecule has 0 bridgehead atoms. The first-order valence-corrected chi connectivity index (χ1v) is 5.75. The highest BCUT2D eigenvalue weighted by atomic mass is 16.5. The van der Waals surface area contributed by atoms with E-state index in [9.17, 15) is 9.59 Å². The van der Waals surface area contributed by atoms with Gasteiger partial charge in [0.1, 0.15) is 5.69 Å². The monoisotopic (exact) mass is 233 g/mol. The molecule has 0 N–H and O–H groups in total. The maximum atomic E-state index is 11.6. The molecule has 17 heavy (non-hydrogen) atoms. The second kappa shape index (κ2) is 4.65. The molecule has 1 aromatic heterocycles. The van der Waals surface area contributed by atoms with Gasteiger partial charge in [0.15, 0.2) is 5.78 Å². The van der Waals surface area contributed by atoms with E-state index in [0.717, 1.165) is 36.9 Å². The lowest BCUT2D eigenvalue weighted by molar-refractivity contribution is 0.0593. The second-order valence-electron chi connectivity index (χ2n) is 4.24. The van der Waals surface area contributed by atoms with Crippen LogP contribution in [0.4, 0.5) is 0 Å². The number of carbonyl (C=O) groups excluding carboxylic acids is 2. The van der Waals surface area contributed by atoms with Gasteiger partial charge in [0.05, 0.1) is 7.11 Å². The Bertz CT molecular complexity index is 480. The molecule has 0 saturated carbocycles. The van der Waals surface area contributed by atoms with Gasteiger partial charge in [0.25, 0.3) is 0 Å². The molecule has 0 spiro atoms. The number of ether oxygens (including phenoxy) is 1. The van der Waals surface area contributed by atoms with E-state index in [-0.39, 0.29) is 11.5 Å². The van der Waals surface area contributed by atoms with Crippen LogP contribution < -0.4 is 0 Å². The third-order valence-corrected chi connectivity index (χ3v) is 3.07. The van der Waals surface area contributed by atoms with Gasteiger partial charge < -0.3 is 4.74 Å². The highest BCUT2D eigenvalue weighted by Gasteiger charge is 2.21. The third kappa shape index (κ3) is 2.20. The lowest BCUT2D eigenvalue weighted by atomic mass is 9.90. The van der Waals surface area contributed by atoms with Crippen LogP contribution in [0.2, 0.25) is 0 Å². The standard InChI is InChI=1S/C13H15NO3/c1-8(15)10-7-12(13(16)17-2)14-11-6-4-3-5-9(10)11/h7H,3-6H2,1-2H3.